The van der Waals surface area contributed by atoms with Crippen LogP contribution in [0, 0.1) is 3.57 Å². The van der Waals surface area contributed by atoms with Gasteiger partial charge in [0.05, 0.1) is 5.75 Å². The van der Waals surface area contributed by atoms with Crippen LogP contribution >= 0.6 is 34.2 Å². The quantitative estimate of drug-likeness (QED) is 0.471. The Morgan fingerprint density at radius 3 is 2.43 bits per heavy atom. The van der Waals surface area contributed by atoms with Crippen molar-refractivity contribution >= 4 is 44.0 Å². The molecule has 0 unspecified atom stereocenters. The van der Waals surface area contributed by atoms with E-state index in [2.05, 4.69) is 9.97 Å². The van der Waals surface area contributed by atoms with Crippen LogP contribution < -0.4 is 0 Å². The van der Waals surface area contributed by atoms with Gasteiger partial charge in [-0.1, -0.05) is 0 Å². The molecule has 0 radical (unpaired) electrons. The molecule has 0 aliphatic carbocycles. The second kappa shape index (κ2) is 5.22. The fourth-order valence-electron chi connectivity index (χ4n) is 0.797. The van der Waals surface area contributed by atoms with Gasteiger partial charge in [-0.25, -0.2) is 18.4 Å². The molecule has 0 bridgehead atoms. The highest BCUT2D eigenvalue weighted by Crippen LogP contribution is 2.07. The van der Waals surface area contributed by atoms with Crippen molar-refractivity contribution in [2.75, 3.05) is 11.6 Å². The highest BCUT2D eigenvalue weighted by molar-refractivity contribution is 14.1. The minimum Gasteiger partial charge on any atom is -0.226 e. The predicted molar refractivity (Wildman–Crippen MR) is 62.1 cm³/mol. The first-order valence-electron chi connectivity index (χ1n) is 3.82. The lowest BCUT2D eigenvalue weighted by molar-refractivity contribution is 0.585. The number of aromatic nitrogens is 2. The lowest BCUT2D eigenvalue weighted by Crippen LogP contribution is -2.11. The van der Waals surface area contributed by atoms with Crippen LogP contribution in [0.5, 0.6) is 0 Å². The summed E-state index contributed by atoms with van der Waals surface area (Å²) in [6, 6.07) is 0. The molecule has 0 saturated heterocycles. The van der Waals surface area contributed by atoms with Gasteiger partial charge in [0.1, 0.15) is 0 Å². The Labute approximate surface area is 101 Å². The maximum atomic E-state index is 11.5. The van der Waals surface area contributed by atoms with Gasteiger partial charge in [0.15, 0.2) is 0 Å². The summed E-state index contributed by atoms with van der Waals surface area (Å²) in [5.41, 5.74) is 0. The first-order chi connectivity index (χ1) is 6.56. The van der Waals surface area contributed by atoms with Crippen LogP contribution in [-0.2, 0) is 9.84 Å². The van der Waals surface area contributed by atoms with E-state index in [4.69, 9.17) is 11.6 Å². The second-order valence-electron chi connectivity index (χ2n) is 2.55. The first kappa shape index (κ1) is 12.1. The number of alkyl halides is 1. The van der Waals surface area contributed by atoms with Gasteiger partial charge in [-0.2, -0.15) is 0 Å². The van der Waals surface area contributed by atoms with Gasteiger partial charge in [-0.15, -0.1) is 11.6 Å². The molecule has 1 heterocycles. The van der Waals surface area contributed by atoms with Gasteiger partial charge >= 0.3 is 0 Å². The van der Waals surface area contributed by atoms with Gasteiger partial charge in [-0.3, -0.25) is 0 Å². The SMILES string of the molecule is O=S(=O)(CCCCl)c1ncc(I)cn1. The summed E-state index contributed by atoms with van der Waals surface area (Å²) in [6.07, 6.45) is 3.36. The summed E-state index contributed by atoms with van der Waals surface area (Å²) in [5, 5.41) is -0.122. The molecule has 0 aliphatic rings. The summed E-state index contributed by atoms with van der Waals surface area (Å²) in [6.45, 7) is 0. The van der Waals surface area contributed by atoms with Crippen LogP contribution in [0.15, 0.2) is 17.6 Å². The lowest BCUT2D eigenvalue weighted by Gasteiger charge is -2.00. The average Bonchev–Trinajstić information content (AvgIpc) is 2.16. The number of hydrogen-bond acceptors (Lipinski definition) is 4. The molecule has 1 aromatic rings. The van der Waals surface area contributed by atoms with Gasteiger partial charge in [0.2, 0.25) is 15.0 Å². The van der Waals surface area contributed by atoms with E-state index in [0.29, 0.717) is 12.3 Å². The smallest absolute Gasteiger partial charge is 0.226 e. The van der Waals surface area contributed by atoms with E-state index in [1.165, 1.54) is 12.4 Å². The molecule has 0 atom stereocenters. The van der Waals surface area contributed by atoms with E-state index in [1.54, 1.807) is 0 Å². The largest absolute Gasteiger partial charge is 0.247 e. The highest BCUT2D eigenvalue weighted by Gasteiger charge is 2.16. The molecule has 4 nitrogen and oxygen atoms in total. The molecule has 0 spiro atoms. The summed E-state index contributed by atoms with van der Waals surface area (Å²) in [7, 11) is -3.35. The van der Waals surface area contributed by atoms with E-state index in [9.17, 15) is 8.42 Å². The zero-order valence-electron chi connectivity index (χ0n) is 7.15. The molecule has 0 N–H and O–H groups in total. The molecular weight excluding hydrogens is 339 g/mol. The van der Waals surface area contributed by atoms with Crippen LogP contribution in [0.25, 0.3) is 0 Å². The minimum absolute atomic E-state index is 0.00288. The Bertz CT molecular complexity index is 393. The van der Waals surface area contributed by atoms with Crippen molar-refractivity contribution < 1.29 is 8.42 Å². The zero-order valence-corrected chi connectivity index (χ0v) is 10.9. The van der Waals surface area contributed by atoms with Gasteiger partial charge in [0, 0.05) is 21.8 Å². The van der Waals surface area contributed by atoms with Crippen molar-refractivity contribution in [2.45, 2.75) is 11.6 Å². The van der Waals surface area contributed by atoms with Crippen LogP contribution in [0.2, 0.25) is 0 Å². The van der Waals surface area contributed by atoms with Crippen molar-refractivity contribution in [1.29, 1.82) is 0 Å². The minimum atomic E-state index is -3.35. The van der Waals surface area contributed by atoms with Gasteiger partial charge < -0.3 is 0 Å². The maximum Gasteiger partial charge on any atom is 0.247 e. The topological polar surface area (TPSA) is 59.9 Å². The number of hydrogen-bond donors (Lipinski definition) is 0. The molecule has 0 amide bonds. The molecule has 0 aromatic carbocycles. The number of nitrogens with zero attached hydrogens (tertiary/aromatic N) is 2. The summed E-state index contributed by atoms with van der Waals surface area (Å²) < 4.78 is 23.8. The first-order valence-corrected chi connectivity index (χ1v) is 7.09. The summed E-state index contributed by atoms with van der Waals surface area (Å²) >= 11 is 7.43. The Balaban J connectivity index is 2.87. The maximum absolute atomic E-state index is 11.5. The third-order valence-electron chi connectivity index (χ3n) is 1.42. The third-order valence-corrected chi connectivity index (χ3v) is 3.84. The second-order valence-corrected chi connectivity index (χ2v) is 6.17. The number of halogens is 2. The van der Waals surface area contributed by atoms with E-state index in [1.807, 2.05) is 22.6 Å². The van der Waals surface area contributed by atoms with E-state index in [-0.39, 0.29) is 10.9 Å². The zero-order chi connectivity index (χ0) is 10.6. The molecule has 78 valence electrons. The van der Waals surface area contributed by atoms with Crippen LogP contribution in [0.3, 0.4) is 0 Å². The summed E-state index contributed by atoms with van der Waals surface area (Å²) in [5.74, 6) is 0.320. The fraction of sp³-hybridized carbons (Fsp3) is 0.429. The standard InChI is InChI=1S/C7H8ClIN2O2S/c8-2-1-3-14(12,13)7-10-4-6(9)5-11-7/h4-5H,1-3H2. The monoisotopic (exact) mass is 346 g/mol. The molecule has 14 heavy (non-hydrogen) atoms. The molecule has 0 saturated carbocycles. The Morgan fingerprint density at radius 1 is 1.36 bits per heavy atom. The van der Waals surface area contributed by atoms with Crippen LogP contribution in [0.1, 0.15) is 6.42 Å². The highest BCUT2D eigenvalue weighted by atomic mass is 127. The van der Waals surface area contributed by atoms with Crippen LogP contribution in [0.4, 0.5) is 0 Å². The molecule has 0 aliphatic heterocycles. The van der Waals surface area contributed by atoms with Crippen molar-refractivity contribution in [3.8, 4) is 0 Å². The summed E-state index contributed by atoms with van der Waals surface area (Å²) in [4.78, 5) is 7.51. The van der Waals surface area contributed by atoms with E-state index >= 15 is 0 Å². The van der Waals surface area contributed by atoms with Crippen LogP contribution in [-0.4, -0.2) is 30.0 Å². The average molecular weight is 347 g/mol. The van der Waals surface area contributed by atoms with Crippen molar-refractivity contribution in [3.05, 3.63) is 16.0 Å². The Kier molecular flexibility index (Phi) is 4.52. The number of sulfone groups is 1. The van der Waals surface area contributed by atoms with Gasteiger partial charge in [0.25, 0.3) is 0 Å². The normalized spacial score (nSPS) is 11.6. The Morgan fingerprint density at radius 2 is 1.93 bits per heavy atom. The molecule has 0 fully saturated rings. The third kappa shape index (κ3) is 3.32. The lowest BCUT2D eigenvalue weighted by atomic mass is 10.6. The van der Waals surface area contributed by atoms with Crippen molar-refractivity contribution in [2.24, 2.45) is 0 Å². The molecule has 7 heteroatoms. The number of rotatable bonds is 4. The molecule has 1 aromatic heterocycles. The fourth-order valence-corrected chi connectivity index (χ4v) is 2.50. The molecule has 1 rings (SSSR count). The van der Waals surface area contributed by atoms with Crippen molar-refractivity contribution in [1.82, 2.24) is 9.97 Å². The predicted octanol–water partition coefficient (Wildman–Crippen LogP) is 1.48. The van der Waals surface area contributed by atoms with E-state index in [0.717, 1.165) is 3.57 Å². The Hall–Kier alpha value is 0.0500. The van der Waals surface area contributed by atoms with Gasteiger partial charge in [-0.05, 0) is 29.0 Å². The van der Waals surface area contributed by atoms with Crippen molar-refractivity contribution in [3.63, 3.8) is 0 Å². The van der Waals surface area contributed by atoms with E-state index < -0.39 is 9.84 Å². The molecular formula is C7H8ClIN2O2S.